The average molecular weight is 384 g/mol. The standard InChI is InChI=1S/C12H16BrClN2O3S/c1-12(2)9(5-10(12)17)16-20(18,19)8-4-6(14)3-7(15)11(8)13/h3-4,9-10,16-17H,5,15H2,1-2H3. The van der Waals surface area contributed by atoms with Crippen LogP contribution in [0.5, 0.6) is 0 Å². The summed E-state index contributed by atoms with van der Waals surface area (Å²) in [5, 5.41) is 9.92. The molecule has 1 aromatic rings. The van der Waals surface area contributed by atoms with Crippen molar-refractivity contribution in [1.29, 1.82) is 0 Å². The topological polar surface area (TPSA) is 92.4 Å². The van der Waals surface area contributed by atoms with Crippen LogP contribution in [0.25, 0.3) is 0 Å². The second kappa shape index (κ2) is 5.14. The number of anilines is 1. The molecule has 2 unspecified atom stereocenters. The van der Waals surface area contributed by atoms with Crippen LogP contribution in [0.15, 0.2) is 21.5 Å². The third-order valence-corrected chi connectivity index (χ3v) is 6.70. The van der Waals surface area contributed by atoms with Crippen LogP contribution in [0.2, 0.25) is 5.02 Å². The first-order valence-corrected chi connectivity index (χ1v) is 8.66. The van der Waals surface area contributed by atoms with Gasteiger partial charge in [-0.25, -0.2) is 13.1 Å². The Kier molecular flexibility index (Phi) is 4.12. The zero-order chi connectivity index (χ0) is 15.3. The first-order valence-electron chi connectivity index (χ1n) is 6.00. The molecule has 0 aromatic heterocycles. The Morgan fingerprint density at radius 1 is 1.50 bits per heavy atom. The van der Waals surface area contributed by atoms with E-state index in [-0.39, 0.29) is 26.1 Å². The van der Waals surface area contributed by atoms with Gasteiger partial charge in [-0.2, -0.15) is 0 Å². The number of nitrogens with one attached hydrogen (secondary N) is 1. The van der Waals surface area contributed by atoms with Crippen LogP contribution in [0.3, 0.4) is 0 Å². The van der Waals surface area contributed by atoms with Crippen LogP contribution < -0.4 is 10.5 Å². The lowest BCUT2D eigenvalue weighted by Gasteiger charge is -2.49. The molecule has 1 aliphatic carbocycles. The van der Waals surface area contributed by atoms with Crippen LogP contribution in [0, 0.1) is 5.41 Å². The number of aliphatic hydroxyl groups excluding tert-OH is 1. The van der Waals surface area contributed by atoms with E-state index >= 15 is 0 Å². The van der Waals surface area contributed by atoms with Crippen molar-refractivity contribution in [3.05, 3.63) is 21.6 Å². The summed E-state index contributed by atoms with van der Waals surface area (Å²) >= 11 is 9.03. The van der Waals surface area contributed by atoms with Crippen molar-refractivity contribution in [1.82, 2.24) is 4.72 Å². The van der Waals surface area contributed by atoms with Crippen LogP contribution in [-0.4, -0.2) is 25.7 Å². The Labute approximate surface area is 131 Å². The fourth-order valence-corrected chi connectivity index (χ4v) is 4.83. The van der Waals surface area contributed by atoms with Crippen molar-refractivity contribution in [3.63, 3.8) is 0 Å². The summed E-state index contributed by atoms with van der Waals surface area (Å²) < 4.78 is 27.7. The van der Waals surface area contributed by atoms with E-state index in [4.69, 9.17) is 17.3 Å². The lowest BCUT2D eigenvalue weighted by atomic mass is 9.65. The summed E-state index contributed by atoms with van der Waals surface area (Å²) in [7, 11) is -3.76. The Morgan fingerprint density at radius 3 is 2.60 bits per heavy atom. The maximum Gasteiger partial charge on any atom is 0.242 e. The van der Waals surface area contributed by atoms with Gasteiger partial charge in [0.05, 0.1) is 15.5 Å². The fraction of sp³-hybridized carbons (Fsp3) is 0.500. The number of nitrogen functional groups attached to an aromatic ring is 1. The fourth-order valence-electron chi connectivity index (χ4n) is 2.13. The Morgan fingerprint density at radius 2 is 2.10 bits per heavy atom. The predicted octanol–water partition coefficient (Wildman–Crippen LogP) is 2.12. The molecular formula is C12H16BrClN2O3S. The summed E-state index contributed by atoms with van der Waals surface area (Å²) in [5.41, 5.74) is 5.47. The first kappa shape index (κ1) is 16.0. The molecule has 0 radical (unpaired) electrons. The van der Waals surface area contributed by atoms with Crippen molar-refractivity contribution in [2.75, 3.05) is 5.73 Å². The maximum atomic E-state index is 12.4. The normalized spacial score (nSPS) is 25.2. The highest BCUT2D eigenvalue weighted by molar-refractivity contribution is 9.10. The van der Waals surface area contributed by atoms with Crippen LogP contribution in [0.4, 0.5) is 5.69 Å². The molecule has 1 aromatic carbocycles. The monoisotopic (exact) mass is 382 g/mol. The average Bonchev–Trinajstić information content (AvgIpc) is 2.33. The third-order valence-electron chi connectivity index (χ3n) is 3.83. The number of rotatable bonds is 3. The zero-order valence-corrected chi connectivity index (χ0v) is 14.2. The van der Waals surface area contributed by atoms with Gasteiger partial charge in [0.2, 0.25) is 10.0 Å². The van der Waals surface area contributed by atoms with Crippen LogP contribution in [-0.2, 0) is 10.0 Å². The maximum absolute atomic E-state index is 12.4. The summed E-state index contributed by atoms with van der Waals surface area (Å²) in [6.07, 6.45) is -0.122. The quantitative estimate of drug-likeness (QED) is 0.697. The lowest BCUT2D eigenvalue weighted by molar-refractivity contribution is -0.0645. The third kappa shape index (κ3) is 2.69. The van der Waals surface area contributed by atoms with E-state index in [0.29, 0.717) is 6.42 Å². The molecule has 0 bridgehead atoms. The van der Waals surface area contributed by atoms with Gasteiger partial charge in [0.25, 0.3) is 0 Å². The van der Waals surface area contributed by atoms with E-state index in [0.717, 1.165) is 0 Å². The number of hydrogen-bond acceptors (Lipinski definition) is 4. The first-order chi connectivity index (χ1) is 9.05. The highest BCUT2D eigenvalue weighted by Crippen LogP contribution is 2.41. The van der Waals surface area contributed by atoms with Gasteiger partial charge in [0, 0.05) is 22.2 Å². The van der Waals surface area contributed by atoms with E-state index in [2.05, 4.69) is 20.7 Å². The van der Waals surface area contributed by atoms with Crippen LogP contribution in [0.1, 0.15) is 20.3 Å². The molecule has 0 aliphatic heterocycles. The molecular weight excluding hydrogens is 368 g/mol. The van der Waals surface area contributed by atoms with Gasteiger partial charge in [-0.1, -0.05) is 25.4 Å². The van der Waals surface area contributed by atoms with Crippen molar-refractivity contribution < 1.29 is 13.5 Å². The summed E-state index contributed by atoms with van der Waals surface area (Å²) in [4.78, 5) is -0.000287. The van der Waals surface area contributed by atoms with E-state index in [1.54, 1.807) is 0 Å². The minimum atomic E-state index is -3.76. The zero-order valence-electron chi connectivity index (χ0n) is 11.0. The lowest BCUT2D eigenvalue weighted by Crippen LogP contribution is -2.61. The van der Waals surface area contributed by atoms with E-state index < -0.39 is 21.5 Å². The van der Waals surface area contributed by atoms with Gasteiger partial charge < -0.3 is 10.8 Å². The smallest absolute Gasteiger partial charge is 0.242 e. The van der Waals surface area contributed by atoms with E-state index in [9.17, 15) is 13.5 Å². The number of aliphatic hydroxyl groups is 1. The predicted molar refractivity (Wildman–Crippen MR) is 82.1 cm³/mol. The molecule has 2 atom stereocenters. The molecule has 1 aliphatic rings. The largest absolute Gasteiger partial charge is 0.398 e. The molecule has 0 spiro atoms. The van der Waals surface area contributed by atoms with Crippen molar-refractivity contribution in [2.45, 2.75) is 37.3 Å². The van der Waals surface area contributed by atoms with Crippen LogP contribution >= 0.6 is 27.5 Å². The molecule has 5 nitrogen and oxygen atoms in total. The highest BCUT2D eigenvalue weighted by atomic mass is 79.9. The van der Waals surface area contributed by atoms with E-state index in [1.807, 2.05) is 13.8 Å². The molecule has 4 N–H and O–H groups in total. The molecule has 0 heterocycles. The molecule has 0 saturated heterocycles. The number of benzene rings is 1. The minimum Gasteiger partial charge on any atom is -0.398 e. The van der Waals surface area contributed by atoms with Crippen molar-refractivity contribution >= 4 is 43.2 Å². The van der Waals surface area contributed by atoms with Gasteiger partial charge in [0.15, 0.2) is 0 Å². The Hall–Kier alpha value is -0.340. The molecule has 112 valence electrons. The summed E-state index contributed by atoms with van der Waals surface area (Å²) in [5.74, 6) is 0. The number of sulfonamides is 1. The van der Waals surface area contributed by atoms with Gasteiger partial charge in [-0.3, -0.25) is 0 Å². The van der Waals surface area contributed by atoms with Crippen molar-refractivity contribution in [3.8, 4) is 0 Å². The molecule has 1 saturated carbocycles. The Bertz CT molecular complexity index is 648. The van der Waals surface area contributed by atoms with E-state index in [1.165, 1.54) is 12.1 Å². The van der Waals surface area contributed by atoms with Crippen molar-refractivity contribution in [2.24, 2.45) is 5.41 Å². The Balaban J connectivity index is 2.33. The van der Waals surface area contributed by atoms with Gasteiger partial charge in [0.1, 0.15) is 0 Å². The van der Waals surface area contributed by atoms with Gasteiger partial charge >= 0.3 is 0 Å². The SMILES string of the molecule is CC1(C)C(O)CC1NS(=O)(=O)c1cc(Cl)cc(N)c1Br. The number of hydrogen-bond donors (Lipinski definition) is 3. The molecule has 20 heavy (non-hydrogen) atoms. The second-order valence-electron chi connectivity index (χ2n) is 5.55. The summed E-state index contributed by atoms with van der Waals surface area (Å²) in [6.45, 7) is 3.63. The highest BCUT2D eigenvalue weighted by Gasteiger charge is 2.49. The molecule has 0 amide bonds. The van der Waals surface area contributed by atoms with Gasteiger partial charge in [-0.05, 0) is 34.5 Å². The number of halogens is 2. The second-order valence-corrected chi connectivity index (χ2v) is 8.47. The molecule has 2 rings (SSSR count). The number of nitrogens with two attached hydrogens (primary N) is 1. The molecule has 1 fully saturated rings. The molecule has 8 heteroatoms. The van der Waals surface area contributed by atoms with Gasteiger partial charge in [-0.15, -0.1) is 0 Å². The minimum absolute atomic E-state index is 0.000287. The summed E-state index contributed by atoms with van der Waals surface area (Å²) in [6, 6.07) is 2.49.